The van der Waals surface area contributed by atoms with Crippen molar-refractivity contribution in [3.8, 4) is 5.75 Å². The number of methoxy groups -OCH3 is 1. The second kappa shape index (κ2) is 15.7. The molecule has 1 heterocycles. The molecule has 0 spiro atoms. The van der Waals surface area contributed by atoms with E-state index >= 15 is 0 Å². The third-order valence-corrected chi connectivity index (χ3v) is 7.75. The lowest BCUT2D eigenvalue weighted by molar-refractivity contribution is -0.0307. The van der Waals surface area contributed by atoms with Gasteiger partial charge in [0.25, 0.3) is 5.91 Å². The summed E-state index contributed by atoms with van der Waals surface area (Å²) in [5.74, 6) is 0.967. The largest absolute Gasteiger partial charge is 0.497 e. The summed E-state index contributed by atoms with van der Waals surface area (Å²) in [5, 5.41) is 0. The van der Waals surface area contributed by atoms with Crippen molar-refractivity contribution in [2.24, 2.45) is 0 Å². The highest BCUT2D eigenvalue weighted by Gasteiger charge is 2.41. The van der Waals surface area contributed by atoms with Crippen LogP contribution in [0, 0.1) is 0 Å². The quantitative estimate of drug-likeness (QED) is 0.272. The number of hydrogen-bond acceptors (Lipinski definition) is 4. The van der Waals surface area contributed by atoms with Crippen LogP contribution in [0.2, 0.25) is 0 Å². The summed E-state index contributed by atoms with van der Waals surface area (Å²) in [5.41, 5.74) is 3.17. The Hall–Kier alpha value is -1.79. The van der Waals surface area contributed by atoms with E-state index < -0.39 is 0 Å². The number of hydrogen-bond donors (Lipinski definition) is 0. The second-order valence-corrected chi connectivity index (χ2v) is 10.8. The van der Waals surface area contributed by atoms with Gasteiger partial charge in [0.05, 0.1) is 13.2 Å². The molecular weight excluding hydrogens is 517 g/mol. The van der Waals surface area contributed by atoms with Crippen molar-refractivity contribution in [2.75, 3.05) is 39.8 Å². The van der Waals surface area contributed by atoms with E-state index in [1.54, 1.807) is 7.11 Å². The van der Waals surface area contributed by atoms with Crippen LogP contribution in [0.5, 0.6) is 5.75 Å². The van der Waals surface area contributed by atoms with Crippen LogP contribution in [-0.2, 0) is 0 Å². The van der Waals surface area contributed by atoms with Crippen molar-refractivity contribution < 1.29 is 9.53 Å². The molecule has 2 aromatic rings. The number of benzene rings is 2. The Morgan fingerprint density at radius 3 is 2.26 bits per heavy atom. The van der Waals surface area contributed by atoms with Crippen LogP contribution in [0.15, 0.2) is 48.5 Å². The number of piperazine rings is 1. The van der Waals surface area contributed by atoms with Gasteiger partial charge in [-0.1, -0.05) is 44.0 Å². The van der Waals surface area contributed by atoms with Crippen molar-refractivity contribution in [3.63, 3.8) is 0 Å². The smallest absolute Gasteiger partial charge is 0.253 e. The summed E-state index contributed by atoms with van der Waals surface area (Å²) in [7, 11) is 1.73. The van der Waals surface area contributed by atoms with Crippen molar-refractivity contribution in [1.29, 1.82) is 0 Å². The molecule has 3 rings (SSSR count). The average Bonchev–Trinajstić information content (AvgIpc) is 2.88. The fourth-order valence-corrected chi connectivity index (χ4v) is 5.58. The molecule has 214 valence electrons. The topological polar surface area (TPSA) is 36.0 Å². The predicted octanol–water partition coefficient (Wildman–Crippen LogP) is 7.09. The molecule has 0 saturated carbocycles. The molecule has 7 heteroatoms. The van der Waals surface area contributed by atoms with Crippen molar-refractivity contribution in [3.05, 3.63) is 65.2 Å². The molecule has 1 aliphatic rings. The molecule has 38 heavy (non-hydrogen) atoms. The first-order chi connectivity index (χ1) is 17.2. The average molecular weight is 567 g/mol. The minimum absolute atomic E-state index is 0. The second-order valence-electron chi connectivity index (χ2n) is 10.8. The molecule has 1 aliphatic heterocycles. The van der Waals surface area contributed by atoms with Crippen molar-refractivity contribution in [1.82, 2.24) is 14.7 Å². The first kappa shape index (κ1) is 34.2. The summed E-state index contributed by atoms with van der Waals surface area (Å²) in [6, 6.07) is 17.3. The SMILES string of the molecule is CCCCCN1CC(C)(C)N(C(c2ccc(C(=O)N(CC)CC)cc2)c2cccc(OC)c2)CC1C.Cl.Cl. The Labute approximate surface area is 243 Å². The van der Waals surface area contributed by atoms with E-state index in [1.165, 1.54) is 30.4 Å². The Morgan fingerprint density at radius 1 is 1.03 bits per heavy atom. The Balaban J connectivity index is 0.00000361. The third-order valence-electron chi connectivity index (χ3n) is 7.75. The highest BCUT2D eigenvalue weighted by atomic mass is 35.5. The maximum atomic E-state index is 12.9. The Kier molecular flexibility index (Phi) is 14.2. The number of nitrogens with zero attached hydrogens (tertiary/aromatic N) is 3. The summed E-state index contributed by atoms with van der Waals surface area (Å²) in [6.07, 6.45) is 3.80. The minimum Gasteiger partial charge on any atom is -0.497 e. The molecule has 1 fully saturated rings. The van der Waals surface area contributed by atoms with E-state index in [1.807, 2.05) is 36.9 Å². The number of halogens is 2. The van der Waals surface area contributed by atoms with E-state index in [0.717, 1.165) is 44.0 Å². The van der Waals surface area contributed by atoms with Gasteiger partial charge in [0.15, 0.2) is 0 Å². The zero-order valence-electron chi connectivity index (χ0n) is 24.4. The molecule has 5 nitrogen and oxygen atoms in total. The Morgan fingerprint density at radius 2 is 1.68 bits per heavy atom. The zero-order chi connectivity index (χ0) is 26.3. The lowest BCUT2D eigenvalue weighted by Crippen LogP contribution is -2.63. The van der Waals surface area contributed by atoms with Gasteiger partial charge < -0.3 is 9.64 Å². The fourth-order valence-electron chi connectivity index (χ4n) is 5.58. The van der Waals surface area contributed by atoms with Gasteiger partial charge in [0, 0.05) is 43.3 Å². The van der Waals surface area contributed by atoms with Gasteiger partial charge in [-0.3, -0.25) is 14.6 Å². The van der Waals surface area contributed by atoms with Crippen LogP contribution in [0.4, 0.5) is 0 Å². The lowest BCUT2D eigenvalue weighted by Gasteiger charge is -2.53. The lowest BCUT2D eigenvalue weighted by atomic mass is 9.87. The molecule has 0 aliphatic carbocycles. The number of amides is 1. The van der Waals surface area contributed by atoms with Crippen molar-refractivity contribution in [2.45, 2.75) is 78.4 Å². The summed E-state index contributed by atoms with van der Waals surface area (Å²) in [6.45, 7) is 18.1. The number of ether oxygens (including phenoxy) is 1. The Bertz CT molecular complexity index is 979. The summed E-state index contributed by atoms with van der Waals surface area (Å²) >= 11 is 0. The van der Waals surface area contributed by atoms with Crippen LogP contribution in [-0.4, -0.2) is 72.0 Å². The van der Waals surface area contributed by atoms with E-state index in [9.17, 15) is 4.79 Å². The van der Waals surface area contributed by atoms with Crippen LogP contribution < -0.4 is 4.74 Å². The fraction of sp³-hybridized carbons (Fsp3) is 0.581. The number of unbranched alkanes of at least 4 members (excludes halogenated alkanes) is 2. The molecule has 2 atom stereocenters. The molecule has 1 amide bonds. The maximum absolute atomic E-state index is 12.9. The predicted molar refractivity (Wildman–Crippen MR) is 164 cm³/mol. The normalized spacial score (nSPS) is 18.1. The summed E-state index contributed by atoms with van der Waals surface area (Å²) < 4.78 is 5.60. The molecule has 0 bridgehead atoms. The number of rotatable bonds is 11. The van der Waals surface area contributed by atoms with Gasteiger partial charge in [0.1, 0.15) is 5.75 Å². The standard InChI is InChI=1S/C31H47N3O2.2ClH/c1-8-11-12-20-33-23-31(5,6)34(22-24(33)4)29(27-14-13-15-28(21-27)36-7)25-16-18-26(19-17-25)30(35)32(9-2)10-3;;/h13-19,21,24,29H,8-12,20,22-23H2,1-7H3;2*1H. The molecule has 0 N–H and O–H groups in total. The zero-order valence-corrected chi connectivity index (χ0v) is 26.0. The highest BCUT2D eigenvalue weighted by Crippen LogP contribution is 2.38. The molecule has 1 saturated heterocycles. The van der Waals surface area contributed by atoms with Gasteiger partial charge >= 0.3 is 0 Å². The molecule has 2 aromatic carbocycles. The highest BCUT2D eigenvalue weighted by molar-refractivity contribution is 5.94. The number of carbonyl (C=O) groups excluding carboxylic acids is 1. The molecule has 0 aromatic heterocycles. The molecular formula is C31H49Cl2N3O2. The first-order valence-electron chi connectivity index (χ1n) is 13.8. The van der Waals surface area contributed by atoms with Gasteiger partial charge in [-0.2, -0.15) is 0 Å². The minimum atomic E-state index is -0.0117. The van der Waals surface area contributed by atoms with Gasteiger partial charge in [-0.15, -0.1) is 24.8 Å². The van der Waals surface area contributed by atoms with E-state index in [2.05, 4.69) is 67.8 Å². The van der Waals surface area contributed by atoms with Gasteiger partial charge in [-0.05, 0) is 83.0 Å². The maximum Gasteiger partial charge on any atom is 0.253 e. The van der Waals surface area contributed by atoms with Gasteiger partial charge in [0.2, 0.25) is 0 Å². The van der Waals surface area contributed by atoms with Crippen LogP contribution in [0.25, 0.3) is 0 Å². The number of carbonyl (C=O) groups is 1. The van der Waals surface area contributed by atoms with Crippen molar-refractivity contribution >= 4 is 30.7 Å². The van der Waals surface area contributed by atoms with Crippen LogP contribution in [0.3, 0.4) is 0 Å². The molecule has 2 unspecified atom stereocenters. The van der Waals surface area contributed by atoms with E-state index in [0.29, 0.717) is 6.04 Å². The summed E-state index contributed by atoms with van der Waals surface area (Å²) in [4.78, 5) is 20.1. The first-order valence-corrected chi connectivity index (χ1v) is 13.8. The third kappa shape index (κ3) is 8.11. The van der Waals surface area contributed by atoms with Gasteiger partial charge in [-0.25, -0.2) is 0 Å². The van der Waals surface area contributed by atoms with E-state index in [4.69, 9.17) is 4.74 Å². The van der Waals surface area contributed by atoms with Crippen LogP contribution >= 0.6 is 24.8 Å². The monoisotopic (exact) mass is 565 g/mol. The van der Waals surface area contributed by atoms with E-state index in [-0.39, 0.29) is 42.3 Å². The molecule has 0 radical (unpaired) electrons. The van der Waals surface area contributed by atoms with Crippen LogP contribution in [0.1, 0.15) is 88.3 Å².